The minimum Gasteiger partial charge on any atom is -0.465 e. The molecule has 0 fully saturated rings. The fraction of sp³-hybridized carbons (Fsp3) is 0.263. The summed E-state index contributed by atoms with van der Waals surface area (Å²) in [6, 6.07) is 3.87. The van der Waals surface area contributed by atoms with Crippen molar-refractivity contribution in [3.63, 3.8) is 0 Å². The maximum Gasteiger partial charge on any atom is 0.348 e. The van der Waals surface area contributed by atoms with Gasteiger partial charge in [-0.3, -0.25) is 4.79 Å². The first-order chi connectivity index (χ1) is 13.3. The van der Waals surface area contributed by atoms with E-state index in [4.69, 9.17) is 9.47 Å². The molecule has 0 aromatic carbocycles. The quantitative estimate of drug-likeness (QED) is 0.660. The monoisotopic (exact) mass is 401 g/mol. The number of esters is 2. The lowest BCUT2D eigenvalue weighted by molar-refractivity contribution is -0.115. The van der Waals surface area contributed by atoms with Gasteiger partial charge in [0.05, 0.1) is 31.9 Å². The Morgan fingerprint density at radius 3 is 2.57 bits per heavy atom. The van der Waals surface area contributed by atoms with E-state index < -0.39 is 11.9 Å². The highest BCUT2D eigenvalue weighted by molar-refractivity contribution is 7.18. The zero-order chi connectivity index (χ0) is 20.4. The van der Waals surface area contributed by atoms with Gasteiger partial charge in [-0.1, -0.05) is 0 Å². The van der Waals surface area contributed by atoms with Crippen molar-refractivity contribution in [3.8, 4) is 0 Å². The number of carbonyl (C=O) groups is 3. The lowest BCUT2D eigenvalue weighted by Gasteiger charge is -2.05. The first kappa shape index (κ1) is 19.6. The number of amides is 1. The number of ether oxygens (including phenoxy) is 2. The number of nitrogens with one attached hydrogen (secondary N) is 1. The topological polar surface area (TPSA) is 99.0 Å². The summed E-state index contributed by atoms with van der Waals surface area (Å²) in [4.78, 5) is 41.3. The normalized spacial score (nSPS) is 10.7. The van der Waals surface area contributed by atoms with Gasteiger partial charge in [-0.05, 0) is 37.1 Å². The molecule has 3 aromatic heterocycles. The summed E-state index contributed by atoms with van der Waals surface area (Å²) in [6.45, 7) is 3.57. The van der Waals surface area contributed by atoms with E-state index in [1.165, 1.54) is 14.2 Å². The number of rotatable bonds is 5. The number of fused-ring (bicyclic) bond motifs is 1. The van der Waals surface area contributed by atoms with Gasteiger partial charge in [0.1, 0.15) is 15.5 Å². The van der Waals surface area contributed by atoms with Crippen LogP contribution in [0.1, 0.15) is 36.9 Å². The number of methoxy groups -OCH3 is 2. The average molecular weight is 401 g/mol. The lowest BCUT2D eigenvalue weighted by atomic mass is 10.1. The van der Waals surface area contributed by atoms with Crippen LogP contribution in [0.2, 0.25) is 0 Å². The summed E-state index contributed by atoms with van der Waals surface area (Å²) < 4.78 is 11.4. The summed E-state index contributed by atoms with van der Waals surface area (Å²) in [7, 11) is 2.49. The number of aryl methyl sites for hydroxylation is 1. The largest absolute Gasteiger partial charge is 0.465 e. The minimum atomic E-state index is -0.637. The second kappa shape index (κ2) is 7.81. The van der Waals surface area contributed by atoms with Crippen molar-refractivity contribution < 1.29 is 23.9 Å². The number of anilines is 1. The molecular weight excluding hydrogens is 382 g/mol. The number of imidazole rings is 1. The molecule has 0 unspecified atom stereocenters. The number of carbonyl (C=O) groups excluding carboxylic acids is 3. The average Bonchev–Trinajstić information content (AvgIpc) is 3.20. The third kappa shape index (κ3) is 3.74. The van der Waals surface area contributed by atoms with Gasteiger partial charge < -0.3 is 19.2 Å². The minimum absolute atomic E-state index is 0.0197. The van der Waals surface area contributed by atoms with Crippen LogP contribution in [0.15, 0.2) is 24.5 Å². The van der Waals surface area contributed by atoms with Crippen molar-refractivity contribution in [2.45, 2.75) is 20.3 Å². The molecule has 0 atom stereocenters. The Balaban J connectivity index is 1.86. The Kier molecular flexibility index (Phi) is 5.46. The molecule has 0 saturated carbocycles. The number of nitrogens with zero attached hydrogens (tertiary/aromatic N) is 2. The highest BCUT2D eigenvalue weighted by Gasteiger charge is 2.26. The van der Waals surface area contributed by atoms with Crippen LogP contribution in [0, 0.1) is 13.8 Å². The predicted molar refractivity (Wildman–Crippen MR) is 104 cm³/mol. The van der Waals surface area contributed by atoms with Crippen LogP contribution in [-0.2, 0) is 20.7 Å². The fourth-order valence-corrected chi connectivity index (χ4v) is 3.92. The molecule has 1 N–H and O–H groups in total. The first-order valence-corrected chi connectivity index (χ1v) is 9.19. The van der Waals surface area contributed by atoms with Crippen molar-refractivity contribution in [2.24, 2.45) is 0 Å². The zero-order valence-corrected chi connectivity index (χ0v) is 16.7. The highest BCUT2D eigenvalue weighted by atomic mass is 32.1. The van der Waals surface area contributed by atoms with Crippen LogP contribution in [0.4, 0.5) is 5.00 Å². The van der Waals surface area contributed by atoms with E-state index >= 15 is 0 Å². The molecule has 0 aliphatic rings. The van der Waals surface area contributed by atoms with Gasteiger partial charge in [0, 0.05) is 12.4 Å². The molecular formula is C19H19N3O5S. The van der Waals surface area contributed by atoms with E-state index in [9.17, 15) is 14.4 Å². The van der Waals surface area contributed by atoms with E-state index in [0.717, 1.165) is 22.5 Å². The van der Waals surface area contributed by atoms with Crippen LogP contribution in [0.25, 0.3) is 5.65 Å². The number of thiophene rings is 1. The molecule has 3 rings (SSSR count). The maximum atomic E-state index is 12.5. The SMILES string of the molecule is COC(=O)c1sc(NC(=O)Cc2cn3ccc(C)cc3n2)c(C(=O)OC)c1C. The van der Waals surface area contributed by atoms with Gasteiger partial charge in [0.15, 0.2) is 0 Å². The van der Waals surface area contributed by atoms with Crippen LogP contribution >= 0.6 is 11.3 Å². The zero-order valence-electron chi connectivity index (χ0n) is 15.9. The third-order valence-electron chi connectivity index (χ3n) is 4.17. The highest BCUT2D eigenvalue weighted by Crippen LogP contribution is 2.34. The van der Waals surface area contributed by atoms with Gasteiger partial charge in [0.25, 0.3) is 0 Å². The molecule has 0 aliphatic heterocycles. The molecule has 0 bridgehead atoms. The molecule has 0 saturated heterocycles. The molecule has 8 nitrogen and oxygen atoms in total. The van der Waals surface area contributed by atoms with E-state index in [0.29, 0.717) is 11.3 Å². The molecule has 146 valence electrons. The Morgan fingerprint density at radius 2 is 1.89 bits per heavy atom. The smallest absolute Gasteiger partial charge is 0.348 e. The van der Waals surface area contributed by atoms with Crippen LogP contribution in [-0.4, -0.2) is 41.5 Å². The summed E-state index contributed by atoms with van der Waals surface area (Å²) >= 11 is 0.975. The number of pyridine rings is 1. The second-order valence-corrected chi connectivity index (χ2v) is 7.19. The van der Waals surface area contributed by atoms with Gasteiger partial charge in [-0.2, -0.15) is 0 Å². The molecule has 3 aromatic rings. The van der Waals surface area contributed by atoms with Crippen molar-refractivity contribution in [1.82, 2.24) is 9.38 Å². The van der Waals surface area contributed by atoms with E-state index in [1.807, 2.05) is 29.7 Å². The van der Waals surface area contributed by atoms with Gasteiger partial charge in [-0.25, -0.2) is 14.6 Å². The first-order valence-electron chi connectivity index (χ1n) is 8.38. The van der Waals surface area contributed by atoms with Gasteiger partial charge >= 0.3 is 11.9 Å². The molecule has 28 heavy (non-hydrogen) atoms. The molecule has 0 spiro atoms. The van der Waals surface area contributed by atoms with Crippen molar-refractivity contribution >= 4 is 39.8 Å². The predicted octanol–water partition coefficient (Wildman–Crippen LogP) is 2.77. The Morgan fingerprint density at radius 1 is 1.18 bits per heavy atom. The summed E-state index contributed by atoms with van der Waals surface area (Å²) in [5, 5.41) is 2.94. The number of aromatic nitrogens is 2. The van der Waals surface area contributed by atoms with Crippen LogP contribution < -0.4 is 5.32 Å². The van der Waals surface area contributed by atoms with Crippen molar-refractivity contribution in [3.05, 3.63) is 51.8 Å². The van der Waals surface area contributed by atoms with Crippen molar-refractivity contribution in [2.75, 3.05) is 19.5 Å². The van der Waals surface area contributed by atoms with E-state index in [2.05, 4.69) is 10.3 Å². The molecule has 0 aliphatic carbocycles. The number of hydrogen-bond donors (Lipinski definition) is 1. The van der Waals surface area contributed by atoms with Crippen molar-refractivity contribution in [1.29, 1.82) is 0 Å². The molecule has 1 amide bonds. The summed E-state index contributed by atoms with van der Waals surface area (Å²) in [5.41, 5.74) is 2.96. The Bertz CT molecular complexity index is 1080. The number of hydrogen-bond acceptors (Lipinski definition) is 7. The summed E-state index contributed by atoms with van der Waals surface area (Å²) in [6.07, 6.45) is 3.67. The maximum absolute atomic E-state index is 12.5. The molecule has 3 heterocycles. The van der Waals surface area contributed by atoms with E-state index in [1.54, 1.807) is 13.1 Å². The Labute approximate surface area is 165 Å². The third-order valence-corrected chi connectivity index (χ3v) is 5.35. The Hall–Kier alpha value is -3.20. The molecule has 0 radical (unpaired) electrons. The van der Waals surface area contributed by atoms with Crippen LogP contribution in [0.5, 0.6) is 0 Å². The molecule has 9 heteroatoms. The fourth-order valence-electron chi connectivity index (χ4n) is 2.79. The van der Waals surface area contributed by atoms with Crippen LogP contribution in [0.3, 0.4) is 0 Å². The van der Waals surface area contributed by atoms with E-state index in [-0.39, 0.29) is 27.8 Å². The summed E-state index contributed by atoms with van der Waals surface area (Å²) in [5.74, 6) is -1.57. The second-order valence-electron chi connectivity index (χ2n) is 6.17. The van der Waals surface area contributed by atoms with Gasteiger partial charge in [0.2, 0.25) is 5.91 Å². The van der Waals surface area contributed by atoms with Gasteiger partial charge in [-0.15, -0.1) is 11.3 Å². The lowest BCUT2D eigenvalue weighted by Crippen LogP contribution is -2.16. The standard InChI is InChI=1S/C19H19N3O5S/c1-10-5-6-22-9-12(20-13(22)7-10)8-14(23)21-17-15(18(24)26-3)11(2)16(28-17)19(25)27-4/h5-7,9H,8H2,1-4H3,(H,21,23).